The van der Waals surface area contributed by atoms with Crippen molar-refractivity contribution < 1.29 is 19.1 Å². The molecule has 0 heterocycles. The average molecular weight is 615 g/mol. The SMILES string of the molecule is CC(C)(C)c1ccc(Oc2cccc(CN(C(=O)c3cccc(C(=N)N)c3)C(CCCNC(=N)N)C(=O)NCC(N)=O)c2)cc1. The minimum Gasteiger partial charge on any atom is -0.457 e. The Hall–Kier alpha value is -5.39. The number of hydrogen-bond donors (Lipinski definition) is 7. The molecule has 10 N–H and O–H groups in total. The average Bonchev–Trinajstić information content (AvgIpc) is 2.98. The molecule has 0 aliphatic rings. The quantitative estimate of drug-likeness (QED) is 0.0818. The summed E-state index contributed by atoms with van der Waals surface area (Å²) in [5.74, 6) is -1.02. The number of amides is 3. The molecule has 3 rings (SSSR count). The molecule has 3 aromatic rings. The predicted molar refractivity (Wildman–Crippen MR) is 174 cm³/mol. The van der Waals surface area contributed by atoms with Gasteiger partial charge in [-0.05, 0) is 65.8 Å². The second kappa shape index (κ2) is 15.4. The number of carbonyl (C=O) groups is 3. The molecule has 0 aliphatic heterocycles. The lowest BCUT2D eigenvalue weighted by Gasteiger charge is -2.31. The fourth-order valence-corrected chi connectivity index (χ4v) is 4.61. The zero-order valence-corrected chi connectivity index (χ0v) is 25.9. The van der Waals surface area contributed by atoms with Crippen LogP contribution in [0, 0.1) is 10.8 Å². The maximum atomic E-state index is 14.1. The molecule has 0 spiro atoms. The van der Waals surface area contributed by atoms with E-state index in [4.69, 9.17) is 32.8 Å². The van der Waals surface area contributed by atoms with Crippen LogP contribution < -0.4 is 32.6 Å². The van der Waals surface area contributed by atoms with E-state index in [1.807, 2.05) is 30.3 Å². The lowest BCUT2D eigenvalue weighted by Crippen LogP contribution is -2.51. The molecule has 1 unspecified atom stereocenters. The summed E-state index contributed by atoms with van der Waals surface area (Å²) in [7, 11) is 0. The van der Waals surface area contributed by atoms with E-state index in [-0.39, 0.29) is 42.3 Å². The van der Waals surface area contributed by atoms with E-state index in [1.54, 1.807) is 36.4 Å². The van der Waals surface area contributed by atoms with Crippen LogP contribution in [0.3, 0.4) is 0 Å². The van der Waals surface area contributed by atoms with Crippen molar-refractivity contribution in [3.63, 3.8) is 0 Å². The monoisotopic (exact) mass is 614 g/mol. The van der Waals surface area contributed by atoms with Gasteiger partial charge < -0.3 is 37.5 Å². The van der Waals surface area contributed by atoms with Gasteiger partial charge in [0.25, 0.3) is 5.91 Å². The number of benzene rings is 3. The number of amidine groups is 1. The van der Waals surface area contributed by atoms with Gasteiger partial charge in [-0.25, -0.2) is 0 Å². The van der Waals surface area contributed by atoms with Crippen molar-refractivity contribution >= 4 is 29.5 Å². The second-order valence-corrected chi connectivity index (χ2v) is 11.6. The van der Waals surface area contributed by atoms with E-state index < -0.39 is 30.3 Å². The second-order valence-electron chi connectivity index (χ2n) is 11.6. The summed E-state index contributed by atoms with van der Waals surface area (Å²) in [5.41, 5.74) is 18.8. The molecule has 1 atom stereocenters. The van der Waals surface area contributed by atoms with E-state index >= 15 is 0 Å². The van der Waals surface area contributed by atoms with Crippen molar-refractivity contribution in [3.05, 3.63) is 95.1 Å². The molecule has 3 aromatic carbocycles. The third-order valence-electron chi connectivity index (χ3n) is 6.97. The zero-order chi connectivity index (χ0) is 33.1. The van der Waals surface area contributed by atoms with Crippen LogP contribution in [0.2, 0.25) is 0 Å². The Morgan fingerprint density at radius 1 is 0.867 bits per heavy atom. The van der Waals surface area contributed by atoms with Gasteiger partial charge in [-0.2, -0.15) is 0 Å². The fraction of sp³-hybridized carbons (Fsp3) is 0.303. The number of guanidine groups is 1. The number of primary amides is 1. The topological polar surface area (TPSA) is 214 Å². The Morgan fingerprint density at radius 2 is 1.53 bits per heavy atom. The number of nitrogens with zero attached hydrogens (tertiary/aromatic N) is 1. The summed E-state index contributed by atoms with van der Waals surface area (Å²) in [5, 5.41) is 20.4. The highest BCUT2D eigenvalue weighted by Crippen LogP contribution is 2.28. The number of nitrogens with one attached hydrogen (secondary N) is 4. The van der Waals surface area contributed by atoms with Gasteiger partial charge in [0, 0.05) is 24.2 Å². The lowest BCUT2D eigenvalue weighted by molar-refractivity contribution is -0.128. The Morgan fingerprint density at radius 3 is 2.16 bits per heavy atom. The minimum atomic E-state index is -1.03. The van der Waals surface area contributed by atoms with Gasteiger partial charge in [0.05, 0.1) is 6.54 Å². The van der Waals surface area contributed by atoms with Crippen LogP contribution in [0.25, 0.3) is 0 Å². The summed E-state index contributed by atoms with van der Waals surface area (Å²) in [4.78, 5) is 40.4. The third kappa shape index (κ3) is 10.4. The molecule has 0 bridgehead atoms. The van der Waals surface area contributed by atoms with Gasteiger partial charge in [-0.15, -0.1) is 0 Å². The normalized spacial score (nSPS) is 11.6. The first-order valence-electron chi connectivity index (χ1n) is 14.5. The Labute approximate surface area is 263 Å². The van der Waals surface area contributed by atoms with Crippen LogP contribution in [-0.2, 0) is 21.5 Å². The molecular formula is C33H42N8O4. The molecule has 0 aromatic heterocycles. The highest BCUT2D eigenvalue weighted by molar-refractivity contribution is 6.01. The molecule has 45 heavy (non-hydrogen) atoms. The van der Waals surface area contributed by atoms with Crippen molar-refractivity contribution in [2.75, 3.05) is 13.1 Å². The molecule has 0 saturated heterocycles. The number of nitrogens with two attached hydrogens (primary N) is 3. The van der Waals surface area contributed by atoms with Crippen molar-refractivity contribution in [3.8, 4) is 11.5 Å². The Bertz CT molecular complexity index is 1530. The van der Waals surface area contributed by atoms with Gasteiger partial charge >= 0.3 is 0 Å². The lowest BCUT2D eigenvalue weighted by atomic mass is 9.87. The van der Waals surface area contributed by atoms with E-state index in [9.17, 15) is 14.4 Å². The van der Waals surface area contributed by atoms with Crippen LogP contribution in [0.15, 0.2) is 72.8 Å². The van der Waals surface area contributed by atoms with Gasteiger partial charge in [-0.1, -0.05) is 57.2 Å². The molecule has 238 valence electrons. The zero-order valence-electron chi connectivity index (χ0n) is 25.9. The van der Waals surface area contributed by atoms with Crippen LogP contribution >= 0.6 is 0 Å². The van der Waals surface area contributed by atoms with E-state index in [2.05, 4.69) is 31.4 Å². The highest BCUT2D eigenvalue weighted by Gasteiger charge is 2.31. The summed E-state index contributed by atoms with van der Waals surface area (Å²) >= 11 is 0. The molecule has 3 amide bonds. The molecule has 12 nitrogen and oxygen atoms in total. The van der Waals surface area contributed by atoms with E-state index in [0.717, 1.165) is 0 Å². The Kier molecular flexibility index (Phi) is 11.6. The number of hydrogen-bond acceptors (Lipinski definition) is 6. The standard InChI is InChI=1S/C33H42N8O4/c1-33(2,3)24-12-14-25(15-13-24)45-26-10-4-7-21(17-26)20-41(31(44)23-9-5-8-22(18-23)29(35)36)27(11-6-16-39-32(37)38)30(43)40-19-28(34)42/h4-5,7-10,12-15,17-18,27H,6,11,16,19-20H2,1-3H3,(H2,34,42)(H3,35,36)(H,40,43)(H4,37,38,39). The summed E-state index contributed by atoms with van der Waals surface area (Å²) in [6.07, 6.45) is 0.554. The predicted octanol–water partition coefficient (Wildman–Crippen LogP) is 2.94. The van der Waals surface area contributed by atoms with Gasteiger partial charge in [0.1, 0.15) is 23.4 Å². The maximum Gasteiger partial charge on any atom is 0.254 e. The van der Waals surface area contributed by atoms with Crippen LogP contribution in [0.5, 0.6) is 11.5 Å². The minimum absolute atomic E-state index is 0.000777. The van der Waals surface area contributed by atoms with Crippen molar-refractivity contribution in [2.45, 2.75) is 51.6 Å². The Balaban J connectivity index is 1.97. The molecule has 0 fully saturated rings. The molecular weight excluding hydrogens is 572 g/mol. The first-order chi connectivity index (χ1) is 21.2. The van der Waals surface area contributed by atoms with Gasteiger partial charge in [0.2, 0.25) is 11.8 Å². The largest absolute Gasteiger partial charge is 0.457 e. The van der Waals surface area contributed by atoms with Gasteiger partial charge in [0.15, 0.2) is 5.96 Å². The van der Waals surface area contributed by atoms with E-state index in [1.165, 1.54) is 16.5 Å². The van der Waals surface area contributed by atoms with Crippen LogP contribution in [-0.4, -0.2) is 53.5 Å². The van der Waals surface area contributed by atoms with Crippen molar-refractivity contribution in [1.82, 2.24) is 15.5 Å². The van der Waals surface area contributed by atoms with Crippen LogP contribution in [0.1, 0.15) is 60.7 Å². The summed E-state index contributed by atoms with van der Waals surface area (Å²) < 4.78 is 6.12. The smallest absolute Gasteiger partial charge is 0.254 e. The summed E-state index contributed by atoms with van der Waals surface area (Å²) in [6.45, 7) is 6.30. The molecule has 0 radical (unpaired) electrons. The number of rotatable bonds is 14. The van der Waals surface area contributed by atoms with Crippen molar-refractivity contribution in [2.24, 2.45) is 17.2 Å². The fourth-order valence-electron chi connectivity index (χ4n) is 4.61. The summed E-state index contributed by atoms with van der Waals surface area (Å²) in [6, 6.07) is 20.3. The van der Waals surface area contributed by atoms with E-state index in [0.29, 0.717) is 29.0 Å². The first-order valence-corrected chi connectivity index (χ1v) is 14.5. The highest BCUT2D eigenvalue weighted by atomic mass is 16.5. The van der Waals surface area contributed by atoms with Crippen molar-refractivity contribution in [1.29, 1.82) is 10.8 Å². The number of carbonyl (C=O) groups excluding carboxylic acids is 3. The molecule has 12 heteroatoms. The van der Waals surface area contributed by atoms with Gasteiger partial charge in [-0.3, -0.25) is 25.2 Å². The number of nitrogen functional groups attached to an aromatic ring is 1. The third-order valence-corrected chi connectivity index (χ3v) is 6.97. The number of ether oxygens (including phenoxy) is 1. The molecule has 0 aliphatic carbocycles. The maximum absolute atomic E-state index is 14.1. The first kappa shape index (κ1) is 34.1. The van der Waals surface area contributed by atoms with Crippen LogP contribution in [0.4, 0.5) is 0 Å². The molecule has 0 saturated carbocycles.